The number of hydrogen-bond donors (Lipinski definition) is 3. The first kappa shape index (κ1) is 17.8. The Balaban J connectivity index is 0.00000106. The fourth-order valence-electron chi connectivity index (χ4n) is 1.89. The van der Waals surface area contributed by atoms with Gasteiger partial charge in [-0.2, -0.15) is 4.39 Å². The van der Waals surface area contributed by atoms with Gasteiger partial charge in [0.2, 0.25) is 5.82 Å². The number of rotatable bonds is 2. The van der Waals surface area contributed by atoms with Crippen LogP contribution in [0.15, 0.2) is 15.8 Å². The van der Waals surface area contributed by atoms with Crippen LogP contribution >= 0.6 is 11.6 Å². The molecule has 2 heterocycles. The lowest BCUT2D eigenvalue weighted by atomic mass is 9.99. The summed E-state index contributed by atoms with van der Waals surface area (Å²) in [5.41, 5.74) is -3.93. The molecule has 1 aliphatic rings. The molecule has 2 rings (SSSR count). The van der Waals surface area contributed by atoms with Gasteiger partial charge in [0, 0.05) is 6.38 Å². The molecular formula is C11H15ClF2N2O5. The van der Waals surface area contributed by atoms with E-state index in [1.54, 1.807) is 4.98 Å². The maximum absolute atomic E-state index is 13.9. The monoisotopic (exact) mass is 328 g/mol. The highest BCUT2D eigenvalue weighted by molar-refractivity contribution is 6.15. The van der Waals surface area contributed by atoms with Crippen molar-refractivity contribution < 1.29 is 23.7 Å². The largest absolute Gasteiger partial charge is 0.393 e. The van der Waals surface area contributed by atoms with Gasteiger partial charge in [0.25, 0.3) is 5.56 Å². The first-order valence-electron chi connectivity index (χ1n) is 5.80. The number of alkyl halides is 2. The van der Waals surface area contributed by atoms with Gasteiger partial charge in [-0.3, -0.25) is 14.3 Å². The molecule has 0 amide bonds. The third-order valence-corrected chi connectivity index (χ3v) is 3.10. The number of nitrogens with one attached hydrogen (secondary N) is 1. The maximum atomic E-state index is 13.9. The lowest BCUT2D eigenvalue weighted by Crippen LogP contribution is -2.42. The van der Waals surface area contributed by atoms with Gasteiger partial charge in [0.1, 0.15) is 11.7 Å². The molecule has 7 nitrogen and oxygen atoms in total. The number of aliphatic hydroxyl groups excluding tert-OH is 2. The zero-order valence-electron chi connectivity index (χ0n) is 11.2. The molecule has 0 aliphatic carbocycles. The number of halogens is 3. The van der Waals surface area contributed by atoms with Crippen molar-refractivity contribution in [2.75, 3.05) is 13.0 Å². The van der Waals surface area contributed by atoms with Gasteiger partial charge in [-0.1, -0.05) is 0 Å². The molecular weight excluding hydrogens is 314 g/mol. The molecule has 1 aromatic heterocycles. The van der Waals surface area contributed by atoms with Crippen LogP contribution in [0.4, 0.5) is 8.78 Å². The molecule has 0 bridgehead atoms. The fraction of sp³-hybridized carbons (Fsp3) is 0.636. The van der Waals surface area contributed by atoms with E-state index in [2.05, 4.69) is 11.6 Å². The van der Waals surface area contributed by atoms with Crippen LogP contribution in [-0.2, 0) is 4.74 Å². The molecule has 0 spiro atoms. The van der Waals surface area contributed by atoms with Crippen molar-refractivity contribution in [1.82, 2.24) is 9.55 Å². The quantitative estimate of drug-likeness (QED) is 0.635. The summed E-state index contributed by atoms with van der Waals surface area (Å²) in [6, 6.07) is 0. The molecule has 1 saturated heterocycles. The van der Waals surface area contributed by atoms with Crippen molar-refractivity contribution in [3.8, 4) is 0 Å². The zero-order chi connectivity index (χ0) is 16.4. The molecule has 3 N–H and O–H groups in total. The van der Waals surface area contributed by atoms with Crippen LogP contribution < -0.4 is 11.2 Å². The summed E-state index contributed by atoms with van der Waals surface area (Å²) in [6.07, 6.45) is -3.41. The molecule has 1 aliphatic heterocycles. The van der Waals surface area contributed by atoms with E-state index in [4.69, 9.17) is 9.84 Å². The first-order chi connectivity index (χ1) is 9.80. The van der Waals surface area contributed by atoms with Crippen LogP contribution in [0.2, 0.25) is 0 Å². The number of aromatic amines is 1. The van der Waals surface area contributed by atoms with Gasteiger partial charge < -0.3 is 14.9 Å². The van der Waals surface area contributed by atoms with Crippen molar-refractivity contribution in [3.63, 3.8) is 0 Å². The summed E-state index contributed by atoms with van der Waals surface area (Å²) in [5, 5.41) is 18.7. The molecule has 4 atom stereocenters. The van der Waals surface area contributed by atoms with Gasteiger partial charge in [-0.05, 0) is 6.92 Å². The van der Waals surface area contributed by atoms with E-state index in [0.29, 0.717) is 10.8 Å². The van der Waals surface area contributed by atoms with Crippen LogP contribution in [-0.4, -0.2) is 50.6 Å². The van der Waals surface area contributed by atoms with E-state index in [1.165, 1.54) is 13.3 Å². The zero-order valence-corrected chi connectivity index (χ0v) is 12.0. The Morgan fingerprint density at radius 1 is 1.52 bits per heavy atom. The molecule has 0 aromatic carbocycles. The number of nitrogens with zero attached hydrogens (tertiary/aromatic N) is 1. The molecule has 10 heteroatoms. The summed E-state index contributed by atoms with van der Waals surface area (Å²) in [5.74, 6) is -1.29. The maximum Gasteiger partial charge on any atom is 0.330 e. The Labute approximate surface area is 122 Å². The fourth-order valence-corrected chi connectivity index (χ4v) is 1.89. The van der Waals surface area contributed by atoms with Crippen molar-refractivity contribution in [2.24, 2.45) is 0 Å². The second-order valence-electron chi connectivity index (χ2n) is 4.51. The summed E-state index contributed by atoms with van der Waals surface area (Å²) >= 11 is 4.64. The Morgan fingerprint density at radius 3 is 2.57 bits per heavy atom. The van der Waals surface area contributed by atoms with Crippen LogP contribution in [0.25, 0.3) is 0 Å². The minimum absolute atomic E-state index is 0.492. The van der Waals surface area contributed by atoms with Crippen LogP contribution in [0, 0.1) is 5.82 Å². The van der Waals surface area contributed by atoms with Crippen molar-refractivity contribution in [2.45, 2.75) is 31.0 Å². The van der Waals surface area contributed by atoms with Crippen molar-refractivity contribution in [1.29, 1.82) is 0 Å². The highest BCUT2D eigenvalue weighted by atomic mass is 35.5. The number of ether oxygens (including phenoxy) is 1. The predicted molar refractivity (Wildman–Crippen MR) is 69.6 cm³/mol. The molecule has 1 fully saturated rings. The topological polar surface area (TPSA) is 105 Å². The van der Waals surface area contributed by atoms with E-state index in [0.717, 1.165) is 0 Å². The average Bonchev–Trinajstić information content (AvgIpc) is 2.70. The van der Waals surface area contributed by atoms with Gasteiger partial charge in [0.05, 0.1) is 12.8 Å². The standard InChI is InChI=1S/C10H12F2N2O5.CH3Cl/c1-10(3-15)6(16)5(12)8(19-10)14-2-4(11)7(17)13-9(14)18;1-2/h2,5-6,8,15-16H,3H2,1H3,(H,13,17,18);1H3/t5-,6+,8-,10-;/m1./s1. The van der Waals surface area contributed by atoms with E-state index >= 15 is 0 Å². The Bertz CT molecular complexity index is 607. The Kier molecular flexibility index (Phi) is 5.62. The molecule has 0 radical (unpaired) electrons. The third kappa shape index (κ3) is 3.15. The smallest absolute Gasteiger partial charge is 0.330 e. The lowest BCUT2D eigenvalue weighted by Gasteiger charge is -2.24. The highest BCUT2D eigenvalue weighted by Crippen LogP contribution is 2.37. The predicted octanol–water partition coefficient (Wildman–Crippen LogP) is -0.491. The van der Waals surface area contributed by atoms with Crippen LogP contribution in [0.3, 0.4) is 0 Å². The number of aromatic nitrogens is 2. The van der Waals surface area contributed by atoms with Gasteiger partial charge >= 0.3 is 5.69 Å². The van der Waals surface area contributed by atoms with Gasteiger partial charge in [-0.25, -0.2) is 9.18 Å². The number of aliphatic hydroxyl groups is 2. The van der Waals surface area contributed by atoms with Crippen LogP contribution in [0.5, 0.6) is 0 Å². The molecule has 0 unspecified atom stereocenters. The van der Waals surface area contributed by atoms with E-state index in [9.17, 15) is 23.5 Å². The van der Waals surface area contributed by atoms with E-state index in [1.807, 2.05) is 0 Å². The van der Waals surface area contributed by atoms with Crippen LogP contribution in [0.1, 0.15) is 13.2 Å². The van der Waals surface area contributed by atoms with E-state index < -0.39 is 47.8 Å². The van der Waals surface area contributed by atoms with Crippen molar-refractivity contribution in [3.05, 3.63) is 32.9 Å². The Morgan fingerprint density at radius 2 is 2.10 bits per heavy atom. The average molecular weight is 329 g/mol. The first-order valence-corrected chi connectivity index (χ1v) is 6.55. The second-order valence-corrected chi connectivity index (χ2v) is 4.51. The molecule has 1 aromatic rings. The summed E-state index contributed by atoms with van der Waals surface area (Å²) in [4.78, 5) is 24.0. The summed E-state index contributed by atoms with van der Waals surface area (Å²) < 4.78 is 32.6. The minimum Gasteiger partial charge on any atom is -0.393 e. The highest BCUT2D eigenvalue weighted by Gasteiger charge is 2.53. The minimum atomic E-state index is -2.06. The SMILES string of the molecule is CCl.C[C@]1(CO)O[C@@H](n2cc(F)c(=O)[nH]c2=O)[C@H](F)[C@@H]1O. The molecule has 120 valence electrons. The second kappa shape index (κ2) is 6.65. The third-order valence-electron chi connectivity index (χ3n) is 3.10. The van der Waals surface area contributed by atoms with Gasteiger partial charge in [0.15, 0.2) is 12.4 Å². The Hall–Kier alpha value is -1.29. The lowest BCUT2D eigenvalue weighted by molar-refractivity contribution is -0.117. The molecule has 0 saturated carbocycles. The summed E-state index contributed by atoms with van der Waals surface area (Å²) in [6.45, 7) is 0.559. The van der Waals surface area contributed by atoms with Crippen molar-refractivity contribution >= 4 is 11.6 Å². The normalized spacial score (nSPS) is 31.7. The van der Waals surface area contributed by atoms with Gasteiger partial charge in [-0.15, -0.1) is 11.6 Å². The summed E-state index contributed by atoms with van der Waals surface area (Å²) in [7, 11) is 0. The number of H-pyrrole nitrogens is 1. The van der Waals surface area contributed by atoms with E-state index in [-0.39, 0.29) is 0 Å². The molecule has 21 heavy (non-hydrogen) atoms. The number of hydrogen-bond acceptors (Lipinski definition) is 5.